The average Bonchev–Trinajstić information content (AvgIpc) is 2.85. The van der Waals surface area contributed by atoms with E-state index in [1.54, 1.807) is 24.4 Å². The van der Waals surface area contributed by atoms with Crippen molar-refractivity contribution in [3.8, 4) is 0 Å². The normalized spacial score (nSPS) is 10.4. The van der Waals surface area contributed by atoms with Gasteiger partial charge in [0.1, 0.15) is 12.4 Å². The second-order valence-electron chi connectivity index (χ2n) is 3.98. The van der Waals surface area contributed by atoms with Gasteiger partial charge in [0.25, 0.3) is 0 Å². The number of nitrogens with two attached hydrogens (primary N) is 1. The standard InChI is InChI=1S/C12H14FN5O/c13-11-4-2-1-3-9(11)6-15-12(19)8-18-7-10(5-14)16-17-18/h1-4,7H,5-6,8,14H2,(H,15,19). The van der Waals surface area contributed by atoms with Gasteiger partial charge in [-0.3, -0.25) is 4.79 Å². The molecule has 1 aromatic carbocycles. The Hall–Kier alpha value is -2.28. The fourth-order valence-corrected chi connectivity index (χ4v) is 1.55. The summed E-state index contributed by atoms with van der Waals surface area (Å²) < 4.78 is 14.7. The molecule has 0 bridgehead atoms. The third-order valence-corrected chi connectivity index (χ3v) is 2.53. The summed E-state index contributed by atoms with van der Waals surface area (Å²) >= 11 is 0. The lowest BCUT2D eigenvalue weighted by Crippen LogP contribution is -2.27. The SMILES string of the molecule is NCc1cn(CC(=O)NCc2ccccc2F)nn1. The number of hydrogen-bond acceptors (Lipinski definition) is 4. The molecule has 2 rings (SSSR count). The third-order valence-electron chi connectivity index (χ3n) is 2.53. The van der Waals surface area contributed by atoms with Crippen LogP contribution in [0.4, 0.5) is 4.39 Å². The maximum absolute atomic E-state index is 13.3. The Morgan fingerprint density at radius 2 is 2.21 bits per heavy atom. The van der Waals surface area contributed by atoms with Crippen molar-refractivity contribution in [1.82, 2.24) is 20.3 Å². The van der Waals surface area contributed by atoms with Crippen LogP contribution in [-0.2, 0) is 24.4 Å². The summed E-state index contributed by atoms with van der Waals surface area (Å²) in [7, 11) is 0. The second kappa shape index (κ2) is 6.05. The zero-order chi connectivity index (χ0) is 13.7. The van der Waals surface area contributed by atoms with Crippen LogP contribution in [0.1, 0.15) is 11.3 Å². The first-order valence-corrected chi connectivity index (χ1v) is 5.78. The van der Waals surface area contributed by atoms with Crippen molar-refractivity contribution in [2.24, 2.45) is 5.73 Å². The topological polar surface area (TPSA) is 85.8 Å². The number of nitrogens with zero attached hydrogens (tertiary/aromatic N) is 3. The van der Waals surface area contributed by atoms with Crippen LogP contribution in [0.2, 0.25) is 0 Å². The van der Waals surface area contributed by atoms with Gasteiger partial charge in [-0.25, -0.2) is 9.07 Å². The number of amides is 1. The molecule has 0 saturated heterocycles. The zero-order valence-electron chi connectivity index (χ0n) is 10.2. The minimum Gasteiger partial charge on any atom is -0.350 e. The lowest BCUT2D eigenvalue weighted by molar-refractivity contribution is -0.122. The number of hydrogen-bond donors (Lipinski definition) is 2. The molecule has 0 radical (unpaired) electrons. The van der Waals surface area contributed by atoms with E-state index in [1.165, 1.54) is 10.7 Å². The summed E-state index contributed by atoms with van der Waals surface area (Å²) in [5.41, 5.74) is 6.44. The Labute approximate surface area is 109 Å². The average molecular weight is 263 g/mol. The van der Waals surface area contributed by atoms with Crippen molar-refractivity contribution in [3.05, 3.63) is 47.5 Å². The van der Waals surface area contributed by atoms with E-state index >= 15 is 0 Å². The Bertz CT molecular complexity index is 569. The van der Waals surface area contributed by atoms with Crippen molar-refractivity contribution < 1.29 is 9.18 Å². The van der Waals surface area contributed by atoms with Gasteiger partial charge in [-0.1, -0.05) is 23.4 Å². The molecule has 1 aromatic heterocycles. The summed E-state index contributed by atoms with van der Waals surface area (Å²) in [6.45, 7) is 0.447. The number of carbonyl (C=O) groups is 1. The summed E-state index contributed by atoms with van der Waals surface area (Å²) in [5, 5.41) is 10.1. The molecule has 2 aromatic rings. The Kier molecular flexibility index (Phi) is 4.19. The van der Waals surface area contributed by atoms with Gasteiger partial charge in [0, 0.05) is 18.7 Å². The van der Waals surface area contributed by atoms with E-state index in [0.29, 0.717) is 11.3 Å². The van der Waals surface area contributed by atoms with Crippen LogP contribution in [0, 0.1) is 5.82 Å². The number of halogens is 1. The predicted octanol–water partition coefficient (Wildman–Crippen LogP) is 0.192. The summed E-state index contributed by atoms with van der Waals surface area (Å²) in [4.78, 5) is 11.6. The number of aromatic nitrogens is 3. The quantitative estimate of drug-likeness (QED) is 0.806. The zero-order valence-corrected chi connectivity index (χ0v) is 10.2. The van der Waals surface area contributed by atoms with Gasteiger partial charge in [0.05, 0.1) is 11.9 Å². The maximum Gasteiger partial charge on any atom is 0.242 e. The van der Waals surface area contributed by atoms with Crippen molar-refractivity contribution in [3.63, 3.8) is 0 Å². The highest BCUT2D eigenvalue weighted by Crippen LogP contribution is 2.05. The molecule has 0 fully saturated rings. The molecule has 0 aliphatic rings. The van der Waals surface area contributed by atoms with E-state index in [1.807, 2.05) is 0 Å². The van der Waals surface area contributed by atoms with Crippen LogP contribution in [-0.4, -0.2) is 20.9 Å². The molecule has 0 unspecified atom stereocenters. The molecule has 0 spiro atoms. The van der Waals surface area contributed by atoms with Gasteiger partial charge in [-0.2, -0.15) is 0 Å². The van der Waals surface area contributed by atoms with E-state index in [9.17, 15) is 9.18 Å². The lowest BCUT2D eigenvalue weighted by atomic mass is 10.2. The van der Waals surface area contributed by atoms with Crippen LogP contribution in [0.3, 0.4) is 0 Å². The molecule has 1 amide bonds. The van der Waals surface area contributed by atoms with E-state index in [0.717, 1.165) is 0 Å². The van der Waals surface area contributed by atoms with Crippen molar-refractivity contribution in [2.45, 2.75) is 19.6 Å². The largest absolute Gasteiger partial charge is 0.350 e. The smallest absolute Gasteiger partial charge is 0.242 e. The van der Waals surface area contributed by atoms with Gasteiger partial charge in [0.2, 0.25) is 5.91 Å². The highest BCUT2D eigenvalue weighted by molar-refractivity contribution is 5.75. The van der Waals surface area contributed by atoms with Gasteiger partial charge in [0.15, 0.2) is 0 Å². The van der Waals surface area contributed by atoms with Gasteiger partial charge in [-0.15, -0.1) is 5.10 Å². The Morgan fingerprint density at radius 3 is 2.89 bits per heavy atom. The molecule has 3 N–H and O–H groups in total. The molecule has 19 heavy (non-hydrogen) atoms. The molecular formula is C12H14FN5O. The maximum atomic E-state index is 13.3. The molecule has 0 aliphatic carbocycles. The molecular weight excluding hydrogens is 249 g/mol. The summed E-state index contributed by atoms with van der Waals surface area (Å²) in [5.74, 6) is -0.606. The minimum absolute atomic E-state index is 0.0292. The highest BCUT2D eigenvalue weighted by atomic mass is 19.1. The van der Waals surface area contributed by atoms with Crippen molar-refractivity contribution >= 4 is 5.91 Å². The van der Waals surface area contributed by atoms with E-state index in [-0.39, 0.29) is 31.4 Å². The predicted molar refractivity (Wildman–Crippen MR) is 66.2 cm³/mol. The number of nitrogens with one attached hydrogen (secondary N) is 1. The molecule has 0 atom stereocenters. The molecule has 7 heteroatoms. The van der Waals surface area contributed by atoms with Crippen LogP contribution in [0.5, 0.6) is 0 Å². The molecule has 0 saturated carbocycles. The molecule has 100 valence electrons. The first kappa shape index (κ1) is 13.2. The fraction of sp³-hybridized carbons (Fsp3) is 0.250. The van der Waals surface area contributed by atoms with Crippen molar-refractivity contribution in [1.29, 1.82) is 0 Å². The van der Waals surface area contributed by atoms with Crippen LogP contribution >= 0.6 is 0 Å². The van der Waals surface area contributed by atoms with Gasteiger partial charge < -0.3 is 11.1 Å². The lowest BCUT2D eigenvalue weighted by Gasteiger charge is -2.05. The fourth-order valence-electron chi connectivity index (χ4n) is 1.55. The molecule has 6 nitrogen and oxygen atoms in total. The summed E-state index contributed by atoms with van der Waals surface area (Å²) in [6.07, 6.45) is 1.60. The molecule has 1 heterocycles. The van der Waals surface area contributed by atoms with Crippen LogP contribution < -0.4 is 11.1 Å². The highest BCUT2D eigenvalue weighted by Gasteiger charge is 2.06. The van der Waals surface area contributed by atoms with Gasteiger partial charge >= 0.3 is 0 Å². The van der Waals surface area contributed by atoms with Crippen LogP contribution in [0.25, 0.3) is 0 Å². The van der Waals surface area contributed by atoms with E-state index in [4.69, 9.17) is 5.73 Å². The van der Waals surface area contributed by atoms with Crippen LogP contribution in [0.15, 0.2) is 30.5 Å². The van der Waals surface area contributed by atoms with Crippen molar-refractivity contribution in [2.75, 3.05) is 0 Å². The third kappa shape index (κ3) is 3.59. The molecule has 0 aliphatic heterocycles. The first-order chi connectivity index (χ1) is 9.19. The number of carbonyl (C=O) groups excluding carboxylic acids is 1. The number of rotatable bonds is 5. The Morgan fingerprint density at radius 1 is 1.42 bits per heavy atom. The monoisotopic (exact) mass is 263 g/mol. The number of benzene rings is 1. The Balaban J connectivity index is 1.86. The van der Waals surface area contributed by atoms with E-state index < -0.39 is 0 Å². The summed E-state index contributed by atoms with van der Waals surface area (Å²) in [6, 6.07) is 6.30. The van der Waals surface area contributed by atoms with E-state index in [2.05, 4.69) is 15.6 Å². The second-order valence-corrected chi connectivity index (χ2v) is 3.98. The minimum atomic E-state index is -0.339. The first-order valence-electron chi connectivity index (χ1n) is 5.78. The van der Waals surface area contributed by atoms with Gasteiger partial charge in [-0.05, 0) is 6.07 Å².